The standard InChI is InChI=1S/C14H14N2O/c1-17-14-9-7-13(8-10-14)16-15-11-12-5-3-2-4-6-12/h2-11,16H,1H3. The first-order valence-corrected chi connectivity index (χ1v) is 5.36. The van der Waals surface area contributed by atoms with Crippen molar-refractivity contribution >= 4 is 11.9 Å². The van der Waals surface area contributed by atoms with E-state index in [1.165, 1.54) is 0 Å². The average Bonchev–Trinajstić information content (AvgIpc) is 2.41. The largest absolute Gasteiger partial charge is 0.497 e. The van der Waals surface area contributed by atoms with E-state index in [0.29, 0.717) is 0 Å². The molecular formula is C14H14N2O. The average molecular weight is 226 g/mol. The molecule has 0 aliphatic carbocycles. The smallest absolute Gasteiger partial charge is 0.119 e. The Morgan fingerprint density at radius 2 is 1.71 bits per heavy atom. The topological polar surface area (TPSA) is 33.6 Å². The third kappa shape index (κ3) is 3.34. The lowest BCUT2D eigenvalue weighted by molar-refractivity contribution is 0.415. The fourth-order valence-corrected chi connectivity index (χ4v) is 1.39. The van der Waals surface area contributed by atoms with Crippen LogP contribution in [0.15, 0.2) is 59.7 Å². The fraction of sp³-hybridized carbons (Fsp3) is 0.0714. The van der Waals surface area contributed by atoms with Crippen LogP contribution in [0.3, 0.4) is 0 Å². The minimum Gasteiger partial charge on any atom is -0.497 e. The minimum atomic E-state index is 0.836. The van der Waals surface area contributed by atoms with E-state index in [0.717, 1.165) is 17.0 Å². The number of hydrogen-bond acceptors (Lipinski definition) is 3. The number of anilines is 1. The zero-order chi connectivity index (χ0) is 11.9. The van der Waals surface area contributed by atoms with Crippen LogP contribution in [0, 0.1) is 0 Å². The van der Waals surface area contributed by atoms with Gasteiger partial charge in [-0.15, -0.1) is 0 Å². The first kappa shape index (κ1) is 11.2. The van der Waals surface area contributed by atoms with Crippen LogP contribution >= 0.6 is 0 Å². The molecule has 0 aromatic heterocycles. The molecular weight excluding hydrogens is 212 g/mol. The van der Waals surface area contributed by atoms with Gasteiger partial charge in [-0.05, 0) is 29.8 Å². The molecule has 0 saturated heterocycles. The third-order valence-electron chi connectivity index (χ3n) is 2.30. The molecule has 17 heavy (non-hydrogen) atoms. The van der Waals surface area contributed by atoms with Crippen LogP contribution < -0.4 is 10.2 Å². The van der Waals surface area contributed by atoms with Crippen molar-refractivity contribution in [1.82, 2.24) is 0 Å². The molecule has 0 bridgehead atoms. The van der Waals surface area contributed by atoms with Crippen LogP contribution in [0.1, 0.15) is 5.56 Å². The summed E-state index contributed by atoms with van der Waals surface area (Å²) in [5.41, 5.74) is 4.95. The van der Waals surface area contributed by atoms with E-state index >= 15 is 0 Å². The summed E-state index contributed by atoms with van der Waals surface area (Å²) in [6.07, 6.45) is 1.78. The first-order valence-electron chi connectivity index (χ1n) is 5.36. The van der Waals surface area contributed by atoms with Gasteiger partial charge in [-0.25, -0.2) is 0 Å². The Morgan fingerprint density at radius 1 is 1.00 bits per heavy atom. The van der Waals surface area contributed by atoms with Crippen LogP contribution in [-0.4, -0.2) is 13.3 Å². The maximum Gasteiger partial charge on any atom is 0.119 e. The number of nitrogens with one attached hydrogen (secondary N) is 1. The molecule has 86 valence electrons. The molecule has 0 aliphatic heterocycles. The predicted molar refractivity (Wildman–Crippen MR) is 70.7 cm³/mol. The van der Waals surface area contributed by atoms with Crippen molar-refractivity contribution in [2.45, 2.75) is 0 Å². The SMILES string of the molecule is COc1ccc(NN=Cc2ccccc2)cc1. The van der Waals surface area contributed by atoms with Crippen molar-refractivity contribution in [2.75, 3.05) is 12.5 Å². The molecule has 3 nitrogen and oxygen atoms in total. The maximum absolute atomic E-state index is 5.08. The number of hydrazone groups is 1. The second-order valence-corrected chi connectivity index (χ2v) is 3.51. The highest BCUT2D eigenvalue weighted by Crippen LogP contribution is 2.14. The van der Waals surface area contributed by atoms with Crippen LogP contribution in [-0.2, 0) is 0 Å². The lowest BCUT2D eigenvalue weighted by Gasteiger charge is -2.02. The predicted octanol–water partition coefficient (Wildman–Crippen LogP) is 3.14. The molecule has 3 heteroatoms. The molecule has 0 atom stereocenters. The van der Waals surface area contributed by atoms with Gasteiger partial charge in [-0.3, -0.25) is 5.43 Å². The summed E-state index contributed by atoms with van der Waals surface area (Å²) in [6, 6.07) is 17.6. The molecule has 2 aromatic rings. The van der Waals surface area contributed by atoms with Crippen molar-refractivity contribution < 1.29 is 4.74 Å². The quantitative estimate of drug-likeness (QED) is 0.642. The summed E-state index contributed by atoms with van der Waals surface area (Å²) in [5, 5.41) is 4.15. The maximum atomic E-state index is 5.08. The summed E-state index contributed by atoms with van der Waals surface area (Å²) in [5.74, 6) is 0.836. The number of ether oxygens (including phenoxy) is 1. The Labute approximate surface area is 101 Å². The van der Waals surface area contributed by atoms with E-state index in [1.807, 2.05) is 54.6 Å². The summed E-state index contributed by atoms with van der Waals surface area (Å²) >= 11 is 0. The van der Waals surface area contributed by atoms with Crippen LogP contribution in [0.25, 0.3) is 0 Å². The molecule has 0 radical (unpaired) electrons. The Hall–Kier alpha value is -2.29. The molecule has 0 amide bonds. The van der Waals surface area contributed by atoms with E-state index in [1.54, 1.807) is 13.3 Å². The number of methoxy groups -OCH3 is 1. The number of nitrogens with zero attached hydrogens (tertiary/aromatic N) is 1. The van der Waals surface area contributed by atoms with Gasteiger partial charge in [0, 0.05) is 0 Å². The van der Waals surface area contributed by atoms with E-state index in [-0.39, 0.29) is 0 Å². The van der Waals surface area contributed by atoms with Gasteiger partial charge in [0.05, 0.1) is 19.0 Å². The molecule has 2 aromatic carbocycles. The second kappa shape index (κ2) is 5.70. The van der Waals surface area contributed by atoms with Crippen LogP contribution in [0.2, 0.25) is 0 Å². The van der Waals surface area contributed by atoms with Crippen LogP contribution in [0.5, 0.6) is 5.75 Å². The third-order valence-corrected chi connectivity index (χ3v) is 2.30. The van der Waals surface area contributed by atoms with Gasteiger partial charge in [-0.2, -0.15) is 5.10 Å². The number of rotatable bonds is 4. The van der Waals surface area contributed by atoms with Gasteiger partial charge in [0.15, 0.2) is 0 Å². The van der Waals surface area contributed by atoms with Gasteiger partial charge in [0.25, 0.3) is 0 Å². The van der Waals surface area contributed by atoms with Crippen molar-refractivity contribution in [3.05, 3.63) is 60.2 Å². The lowest BCUT2D eigenvalue weighted by atomic mass is 10.2. The Kier molecular flexibility index (Phi) is 3.76. The molecule has 0 unspecified atom stereocenters. The molecule has 2 rings (SSSR count). The highest BCUT2D eigenvalue weighted by molar-refractivity contribution is 5.80. The van der Waals surface area contributed by atoms with E-state index in [2.05, 4.69) is 10.5 Å². The number of hydrogen-bond donors (Lipinski definition) is 1. The molecule has 0 spiro atoms. The van der Waals surface area contributed by atoms with Gasteiger partial charge in [0.2, 0.25) is 0 Å². The van der Waals surface area contributed by atoms with Crippen molar-refractivity contribution in [3.63, 3.8) is 0 Å². The molecule has 0 fully saturated rings. The zero-order valence-electron chi connectivity index (χ0n) is 9.63. The van der Waals surface area contributed by atoms with E-state index in [9.17, 15) is 0 Å². The van der Waals surface area contributed by atoms with Crippen molar-refractivity contribution in [3.8, 4) is 5.75 Å². The molecule has 0 aliphatic rings. The molecule has 0 heterocycles. The van der Waals surface area contributed by atoms with Crippen molar-refractivity contribution in [1.29, 1.82) is 0 Å². The zero-order valence-corrected chi connectivity index (χ0v) is 9.63. The summed E-state index contributed by atoms with van der Waals surface area (Å²) in [6.45, 7) is 0. The summed E-state index contributed by atoms with van der Waals surface area (Å²) in [7, 11) is 1.65. The molecule has 1 N–H and O–H groups in total. The van der Waals surface area contributed by atoms with E-state index in [4.69, 9.17) is 4.74 Å². The second-order valence-electron chi connectivity index (χ2n) is 3.51. The van der Waals surface area contributed by atoms with Gasteiger partial charge in [0.1, 0.15) is 5.75 Å². The van der Waals surface area contributed by atoms with Gasteiger partial charge < -0.3 is 4.74 Å². The first-order chi connectivity index (χ1) is 8.38. The lowest BCUT2D eigenvalue weighted by Crippen LogP contribution is -1.90. The fourth-order valence-electron chi connectivity index (χ4n) is 1.39. The Balaban J connectivity index is 1.95. The Morgan fingerprint density at radius 3 is 2.35 bits per heavy atom. The monoisotopic (exact) mass is 226 g/mol. The Bertz CT molecular complexity index is 477. The highest BCUT2D eigenvalue weighted by atomic mass is 16.5. The van der Waals surface area contributed by atoms with Crippen molar-refractivity contribution in [2.24, 2.45) is 5.10 Å². The van der Waals surface area contributed by atoms with Crippen LogP contribution in [0.4, 0.5) is 5.69 Å². The summed E-state index contributed by atoms with van der Waals surface area (Å²) < 4.78 is 5.08. The number of benzene rings is 2. The van der Waals surface area contributed by atoms with Gasteiger partial charge in [-0.1, -0.05) is 30.3 Å². The van der Waals surface area contributed by atoms with Gasteiger partial charge >= 0.3 is 0 Å². The van der Waals surface area contributed by atoms with E-state index < -0.39 is 0 Å². The minimum absolute atomic E-state index is 0.836. The normalized spacial score (nSPS) is 10.4. The molecule has 0 saturated carbocycles. The summed E-state index contributed by atoms with van der Waals surface area (Å²) in [4.78, 5) is 0. The highest BCUT2D eigenvalue weighted by Gasteiger charge is 1.91.